The van der Waals surface area contributed by atoms with Crippen molar-refractivity contribution in [2.45, 2.75) is 44.3 Å². The first-order chi connectivity index (χ1) is 14.1. The maximum absolute atomic E-state index is 14.3. The lowest BCUT2D eigenvalue weighted by atomic mass is 10.1. The van der Waals surface area contributed by atoms with Crippen LogP contribution >= 0.6 is 11.8 Å². The number of halogens is 1. The third-order valence-corrected chi connectivity index (χ3v) is 5.97. The number of benzene rings is 2. The normalized spacial score (nSPS) is 13.5. The first-order valence-corrected chi connectivity index (χ1v) is 10.8. The van der Waals surface area contributed by atoms with Gasteiger partial charge in [0.2, 0.25) is 5.91 Å². The summed E-state index contributed by atoms with van der Waals surface area (Å²) in [6.45, 7) is 4.06. The lowest BCUT2D eigenvalue weighted by Crippen LogP contribution is -2.16. The Morgan fingerprint density at radius 3 is 2.72 bits per heavy atom. The van der Waals surface area contributed by atoms with Gasteiger partial charge in [0.05, 0.1) is 11.3 Å². The highest BCUT2D eigenvalue weighted by Gasteiger charge is 2.31. The molecular formula is C22H23FN4OS. The molecule has 2 aromatic carbocycles. The number of aromatic nitrogens is 3. The summed E-state index contributed by atoms with van der Waals surface area (Å²) in [4.78, 5) is 12.6. The van der Waals surface area contributed by atoms with Crippen molar-refractivity contribution in [3.05, 3.63) is 59.4 Å². The van der Waals surface area contributed by atoms with Crippen LogP contribution in [-0.4, -0.2) is 26.4 Å². The number of carbonyl (C=O) groups excluding carboxylic acids is 1. The van der Waals surface area contributed by atoms with Crippen LogP contribution in [0.5, 0.6) is 0 Å². The monoisotopic (exact) mass is 410 g/mol. The van der Waals surface area contributed by atoms with Crippen molar-refractivity contribution in [3.8, 4) is 11.4 Å². The maximum Gasteiger partial charge on any atom is 0.234 e. The summed E-state index contributed by atoms with van der Waals surface area (Å²) < 4.78 is 16.2. The van der Waals surface area contributed by atoms with E-state index in [0.717, 1.165) is 36.1 Å². The van der Waals surface area contributed by atoms with Gasteiger partial charge >= 0.3 is 0 Å². The van der Waals surface area contributed by atoms with E-state index in [1.54, 1.807) is 18.2 Å². The molecule has 5 nitrogen and oxygen atoms in total. The average molecular weight is 411 g/mol. The Labute approximate surface area is 173 Å². The van der Waals surface area contributed by atoms with Crippen molar-refractivity contribution in [1.82, 2.24) is 14.8 Å². The number of thioether (sulfide) groups is 1. The summed E-state index contributed by atoms with van der Waals surface area (Å²) in [6.07, 6.45) is 2.89. The number of nitrogens with one attached hydrogen (secondary N) is 1. The molecule has 0 saturated heterocycles. The van der Waals surface area contributed by atoms with Crippen LogP contribution in [0.2, 0.25) is 0 Å². The molecule has 0 radical (unpaired) electrons. The molecule has 1 fully saturated rings. The zero-order chi connectivity index (χ0) is 20.4. The summed E-state index contributed by atoms with van der Waals surface area (Å²) in [5, 5.41) is 12.2. The van der Waals surface area contributed by atoms with Crippen LogP contribution in [0.25, 0.3) is 11.4 Å². The van der Waals surface area contributed by atoms with Crippen LogP contribution in [0.4, 0.5) is 10.1 Å². The van der Waals surface area contributed by atoms with Crippen molar-refractivity contribution in [2.24, 2.45) is 0 Å². The average Bonchev–Trinajstić information content (AvgIpc) is 3.47. The molecule has 1 aliphatic rings. The van der Waals surface area contributed by atoms with E-state index in [1.807, 2.05) is 29.7 Å². The molecule has 1 saturated carbocycles. The van der Waals surface area contributed by atoms with E-state index in [9.17, 15) is 9.18 Å². The van der Waals surface area contributed by atoms with Gasteiger partial charge < -0.3 is 5.32 Å². The van der Waals surface area contributed by atoms with Gasteiger partial charge in [0, 0.05) is 11.7 Å². The smallest absolute Gasteiger partial charge is 0.234 e. The molecule has 7 heteroatoms. The van der Waals surface area contributed by atoms with Gasteiger partial charge in [-0.05, 0) is 49.4 Å². The Morgan fingerprint density at radius 2 is 2.00 bits per heavy atom. The molecular weight excluding hydrogens is 387 g/mol. The predicted octanol–water partition coefficient (Wildman–Crippen LogP) is 5.02. The molecule has 4 rings (SSSR count). The number of para-hydroxylation sites is 1. The molecule has 1 N–H and O–H groups in total. The number of hydrogen-bond acceptors (Lipinski definition) is 4. The summed E-state index contributed by atoms with van der Waals surface area (Å²) in [5.74, 6) is 0.347. The third-order valence-electron chi connectivity index (χ3n) is 5.03. The highest BCUT2D eigenvalue weighted by atomic mass is 32.2. The van der Waals surface area contributed by atoms with E-state index in [2.05, 4.69) is 22.4 Å². The number of anilines is 1. The van der Waals surface area contributed by atoms with Gasteiger partial charge in [0.25, 0.3) is 0 Å². The molecule has 0 spiro atoms. The quantitative estimate of drug-likeness (QED) is 0.556. The number of hydrogen-bond donors (Lipinski definition) is 1. The molecule has 0 aliphatic heterocycles. The Kier molecular flexibility index (Phi) is 5.67. The van der Waals surface area contributed by atoms with E-state index >= 15 is 0 Å². The van der Waals surface area contributed by atoms with Gasteiger partial charge in [-0.3, -0.25) is 9.36 Å². The van der Waals surface area contributed by atoms with Crippen molar-refractivity contribution < 1.29 is 9.18 Å². The molecule has 1 heterocycles. The highest BCUT2D eigenvalue weighted by molar-refractivity contribution is 7.99. The molecule has 0 unspecified atom stereocenters. The molecule has 0 bridgehead atoms. The molecule has 1 aliphatic carbocycles. The van der Waals surface area contributed by atoms with Crippen LogP contribution in [0.3, 0.4) is 0 Å². The fourth-order valence-electron chi connectivity index (χ4n) is 3.37. The highest BCUT2D eigenvalue weighted by Crippen LogP contribution is 2.41. The largest absolute Gasteiger partial charge is 0.325 e. The standard InChI is InChI=1S/C22H23FN4OS/c1-3-15-8-6-7-14(2)20(15)24-19(28)13-29-22-26-25-21(27(22)16-11-12-16)17-9-4-5-10-18(17)23/h4-10,16H,3,11-13H2,1-2H3,(H,24,28). The number of rotatable bonds is 7. The van der Waals surface area contributed by atoms with Crippen molar-refractivity contribution in [3.63, 3.8) is 0 Å². The van der Waals surface area contributed by atoms with Gasteiger partial charge in [-0.25, -0.2) is 4.39 Å². The number of amides is 1. The van der Waals surface area contributed by atoms with Gasteiger partial charge in [0.15, 0.2) is 11.0 Å². The van der Waals surface area contributed by atoms with E-state index in [0.29, 0.717) is 16.5 Å². The molecule has 1 amide bonds. The van der Waals surface area contributed by atoms with Gasteiger partial charge in [0.1, 0.15) is 5.82 Å². The van der Waals surface area contributed by atoms with Gasteiger partial charge in [-0.15, -0.1) is 10.2 Å². The lowest BCUT2D eigenvalue weighted by Gasteiger charge is -2.13. The number of carbonyl (C=O) groups is 1. The zero-order valence-electron chi connectivity index (χ0n) is 16.5. The van der Waals surface area contributed by atoms with Gasteiger partial charge in [-0.2, -0.15) is 0 Å². The zero-order valence-corrected chi connectivity index (χ0v) is 17.3. The number of nitrogens with zero attached hydrogens (tertiary/aromatic N) is 3. The lowest BCUT2D eigenvalue weighted by molar-refractivity contribution is -0.113. The molecule has 150 valence electrons. The summed E-state index contributed by atoms with van der Waals surface area (Å²) in [6, 6.07) is 12.9. The third kappa shape index (κ3) is 4.19. The Morgan fingerprint density at radius 1 is 1.21 bits per heavy atom. The van der Waals surface area contributed by atoms with Crippen LogP contribution in [0.15, 0.2) is 47.6 Å². The van der Waals surface area contributed by atoms with Gasteiger partial charge in [-0.1, -0.05) is 49.0 Å². The minimum Gasteiger partial charge on any atom is -0.325 e. The summed E-state index contributed by atoms with van der Waals surface area (Å²) in [7, 11) is 0. The summed E-state index contributed by atoms with van der Waals surface area (Å²) in [5.41, 5.74) is 3.49. The van der Waals surface area contributed by atoms with Crippen molar-refractivity contribution in [1.29, 1.82) is 0 Å². The molecule has 0 atom stereocenters. The second kappa shape index (κ2) is 8.37. The minimum absolute atomic E-state index is 0.0863. The second-order valence-corrected chi connectivity index (χ2v) is 8.13. The van der Waals surface area contributed by atoms with Crippen LogP contribution in [0.1, 0.15) is 36.9 Å². The van der Waals surface area contributed by atoms with E-state index in [1.165, 1.54) is 17.8 Å². The van der Waals surface area contributed by atoms with E-state index in [-0.39, 0.29) is 23.5 Å². The topological polar surface area (TPSA) is 59.8 Å². The Hall–Kier alpha value is -2.67. The molecule has 29 heavy (non-hydrogen) atoms. The number of aryl methyl sites for hydroxylation is 2. The molecule has 1 aromatic heterocycles. The fourth-order valence-corrected chi connectivity index (χ4v) is 4.18. The predicted molar refractivity (Wildman–Crippen MR) is 114 cm³/mol. The second-order valence-electron chi connectivity index (χ2n) is 7.19. The minimum atomic E-state index is -0.317. The van der Waals surface area contributed by atoms with Crippen LogP contribution in [0, 0.1) is 12.7 Å². The SMILES string of the molecule is CCc1cccc(C)c1NC(=O)CSc1nnc(-c2ccccc2F)n1C1CC1. The summed E-state index contributed by atoms with van der Waals surface area (Å²) >= 11 is 1.34. The fraction of sp³-hybridized carbons (Fsp3) is 0.318. The van der Waals surface area contributed by atoms with E-state index < -0.39 is 0 Å². The van der Waals surface area contributed by atoms with Crippen molar-refractivity contribution >= 4 is 23.4 Å². The first kappa shape index (κ1) is 19.6. The van der Waals surface area contributed by atoms with Crippen LogP contribution < -0.4 is 5.32 Å². The Balaban J connectivity index is 1.51. The Bertz CT molecular complexity index is 1050. The van der Waals surface area contributed by atoms with E-state index in [4.69, 9.17) is 0 Å². The molecule has 3 aromatic rings. The van der Waals surface area contributed by atoms with Crippen molar-refractivity contribution in [2.75, 3.05) is 11.1 Å². The maximum atomic E-state index is 14.3. The van der Waals surface area contributed by atoms with Crippen LogP contribution in [-0.2, 0) is 11.2 Å². The first-order valence-electron chi connectivity index (χ1n) is 9.79.